The Morgan fingerprint density at radius 3 is 1.98 bits per heavy atom. The fourth-order valence-electron chi connectivity index (χ4n) is 7.32. The van der Waals surface area contributed by atoms with E-state index in [0.717, 1.165) is 14.2 Å². The van der Waals surface area contributed by atoms with Gasteiger partial charge in [-0.2, -0.15) is 0 Å². The summed E-state index contributed by atoms with van der Waals surface area (Å²) in [5.41, 5.74) is -5.82. The molecular formula is C32H32O13. The molecule has 0 spiro atoms. The summed E-state index contributed by atoms with van der Waals surface area (Å²) in [5, 5.41) is 56.3. The van der Waals surface area contributed by atoms with E-state index < -0.39 is 87.5 Å². The van der Waals surface area contributed by atoms with Gasteiger partial charge in [-0.25, -0.2) is 9.59 Å². The Morgan fingerprint density at radius 1 is 0.800 bits per heavy atom. The molecule has 6 rings (SSSR count). The van der Waals surface area contributed by atoms with Crippen LogP contribution in [0.15, 0.2) is 29.8 Å². The van der Waals surface area contributed by atoms with Crippen molar-refractivity contribution in [2.24, 2.45) is 17.8 Å². The molecule has 4 aliphatic rings. The number of Topliss-reactive ketones (excluding diaryl/α,β-unsaturated/α-hetero) is 2. The highest BCUT2D eigenvalue weighted by Crippen LogP contribution is 2.55. The lowest BCUT2D eigenvalue weighted by molar-refractivity contribution is -0.189. The summed E-state index contributed by atoms with van der Waals surface area (Å²) in [6.07, 6.45) is -2.62. The van der Waals surface area contributed by atoms with E-state index in [1.165, 1.54) is 31.2 Å². The van der Waals surface area contributed by atoms with Crippen LogP contribution in [0.4, 0.5) is 0 Å². The smallest absolute Gasteiger partial charge is 0.358 e. The molecule has 5 N–H and O–H groups in total. The minimum absolute atomic E-state index is 0.0764. The third-order valence-corrected chi connectivity index (χ3v) is 9.67. The number of carbonyl (C=O) groups is 4. The van der Waals surface area contributed by atoms with E-state index in [9.17, 15) is 44.7 Å². The average molecular weight is 625 g/mol. The van der Waals surface area contributed by atoms with E-state index in [2.05, 4.69) is 0 Å². The van der Waals surface area contributed by atoms with Gasteiger partial charge in [0.15, 0.2) is 11.6 Å². The van der Waals surface area contributed by atoms with Crippen LogP contribution in [0.25, 0.3) is 16.9 Å². The van der Waals surface area contributed by atoms with E-state index in [1.807, 2.05) is 0 Å². The molecule has 2 heterocycles. The number of phenolic OH excluding ortho intramolecular Hbond substituents is 2. The summed E-state index contributed by atoms with van der Waals surface area (Å²) in [7, 11) is 2.16. The Morgan fingerprint density at radius 2 is 1.38 bits per heavy atom. The number of ketones is 2. The second kappa shape index (κ2) is 10.2. The van der Waals surface area contributed by atoms with Crippen molar-refractivity contribution in [3.63, 3.8) is 0 Å². The van der Waals surface area contributed by atoms with Gasteiger partial charge >= 0.3 is 11.9 Å². The molecule has 238 valence electrons. The predicted octanol–water partition coefficient (Wildman–Crippen LogP) is 2.20. The molecule has 0 radical (unpaired) electrons. The number of benzene rings is 2. The first-order chi connectivity index (χ1) is 21.3. The number of hydrogen-bond donors (Lipinski definition) is 5. The SMILES string of the molecule is COC(=O)[C@@]12Oc3ccc(-c4ccc5c(c4O)C(=O)[C@H]4CC[C@H](C)[C@@H](O)[C@]4(C(=O)OC)O5)c(O)c3C(O)=C1C(=O)C[C@H](C)[C@H]2O. The summed E-state index contributed by atoms with van der Waals surface area (Å²) in [6.45, 7) is 3.26. The van der Waals surface area contributed by atoms with Crippen LogP contribution >= 0.6 is 0 Å². The highest BCUT2D eigenvalue weighted by molar-refractivity contribution is 6.13. The zero-order chi connectivity index (χ0) is 32.7. The number of esters is 2. The number of hydrogen-bond acceptors (Lipinski definition) is 13. The van der Waals surface area contributed by atoms with Gasteiger partial charge in [-0.15, -0.1) is 0 Å². The van der Waals surface area contributed by atoms with Crippen LogP contribution in [0.3, 0.4) is 0 Å². The number of methoxy groups -OCH3 is 2. The number of ether oxygens (including phenoxy) is 4. The van der Waals surface area contributed by atoms with Crippen LogP contribution in [0.2, 0.25) is 0 Å². The van der Waals surface area contributed by atoms with E-state index in [0.29, 0.717) is 6.42 Å². The molecule has 2 aromatic carbocycles. The van der Waals surface area contributed by atoms with Gasteiger partial charge in [-0.05, 0) is 48.9 Å². The minimum atomic E-state index is -2.39. The number of aromatic hydroxyl groups is 2. The quantitative estimate of drug-likeness (QED) is 0.311. The first kappa shape index (κ1) is 30.4. The van der Waals surface area contributed by atoms with Crippen molar-refractivity contribution in [3.05, 3.63) is 41.0 Å². The Kier molecular flexibility index (Phi) is 6.90. The molecule has 2 aromatic rings. The molecule has 13 heteroatoms. The third-order valence-electron chi connectivity index (χ3n) is 9.67. The molecule has 7 atom stereocenters. The maximum absolute atomic E-state index is 13.9. The van der Waals surface area contributed by atoms with Crippen molar-refractivity contribution < 1.29 is 63.7 Å². The number of rotatable bonds is 3. The van der Waals surface area contributed by atoms with Gasteiger partial charge < -0.3 is 44.5 Å². The molecule has 0 bridgehead atoms. The molecule has 0 amide bonds. The Balaban J connectivity index is 1.50. The molecule has 45 heavy (non-hydrogen) atoms. The molecule has 2 fully saturated rings. The molecule has 0 saturated heterocycles. The molecule has 2 aliphatic heterocycles. The summed E-state index contributed by atoms with van der Waals surface area (Å²) >= 11 is 0. The number of phenols is 2. The minimum Gasteiger partial charge on any atom is -0.506 e. The number of fused-ring (bicyclic) bond motifs is 4. The van der Waals surface area contributed by atoms with Gasteiger partial charge in [0.25, 0.3) is 5.60 Å². The Labute approximate surface area is 256 Å². The first-order valence-electron chi connectivity index (χ1n) is 14.4. The van der Waals surface area contributed by atoms with Crippen molar-refractivity contribution in [1.82, 2.24) is 0 Å². The van der Waals surface area contributed by atoms with Crippen molar-refractivity contribution >= 4 is 29.3 Å². The zero-order valence-corrected chi connectivity index (χ0v) is 24.8. The van der Waals surface area contributed by atoms with Crippen LogP contribution in [0, 0.1) is 17.8 Å². The normalized spacial score (nSPS) is 31.8. The van der Waals surface area contributed by atoms with Gasteiger partial charge in [0.2, 0.25) is 5.60 Å². The van der Waals surface area contributed by atoms with Gasteiger partial charge in [0, 0.05) is 17.5 Å². The molecule has 0 aromatic heterocycles. The number of aliphatic hydroxyl groups excluding tert-OH is 3. The predicted molar refractivity (Wildman–Crippen MR) is 153 cm³/mol. The molecular weight excluding hydrogens is 592 g/mol. The van der Waals surface area contributed by atoms with Crippen LogP contribution in [-0.2, 0) is 23.9 Å². The monoisotopic (exact) mass is 624 g/mol. The fourth-order valence-corrected chi connectivity index (χ4v) is 7.32. The van der Waals surface area contributed by atoms with Crippen molar-refractivity contribution in [3.8, 4) is 34.1 Å². The van der Waals surface area contributed by atoms with Crippen LogP contribution in [-0.4, -0.2) is 86.7 Å². The second-order valence-corrected chi connectivity index (χ2v) is 12.1. The Bertz CT molecular complexity index is 1710. The summed E-state index contributed by atoms with van der Waals surface area (Å²) < 4.78 is 21.7. The van der Waals surface area contributed by atoms with Crippen molar-refractivity contribution in [1.29, 1.82) is 0 Å². The lowest BCUT2D eigenvalue weighted by Crippen LogP contribution is -2.67. The summed E-state index contributed by atoms with van der Waals surface area (Å²) in [4.78, 5) is 53.0. The first-order valence-corrected chi connectivity index (χ1v) is 14.4. The van der Waals surface area contributed by atoms with Crippen LogP contribution in [0.5, 0.6) is 23.0 Å². The number of carbonyl (C=O) groups excluding carboxylic acids is 4. The maximum Gasteiger partial charge on any atom is 0.358 e. The Hall–Kier alpha value is -4.62. The largest absolute Gasteiger partial charge is 0.506 e. The maximum atomic E-state index is 13.9. The average Bonchev–Trinajstić information content (AvgIpc) is 3.01. The highest BCUT2D eigenvalue weighted by Gasteiger charge is 2.65. The van der Waals surface area contributed by atoms with Gasteiger partial charge in [-0.1, -0.05) is 13.8 Å². The molecule has 2 aliphatic carbocycles. The van der Waals surface area contributed by atoms with E-state index in [-0.39, 0.29) is 46.6 Å². The van der Waals surface area contributed by atoms with E-state index >= 15 is 0 Å². The van der Waals surface area contributed by atoms with Gasteiger partial charge in [0.1, 0.15) is 52.1 Å². The van der Waals surface area contributed by atoms with Crippen molar-refractivity contribution in [2.45, 2.75) is 56.5 Å². The molecule has 0 unspecified atom stereocenters. The second-order valence-electron chi connectivity index (χ2n) is 12.1. The topological polar surface area (TPSA) is 206 Å². The summed E-state index contributed by atoms with van der Waals surface area (Å²) in [6, 6.07) is 5.15. The van der Waals surface area contributed by atoms with E-state index in [4.69, 9.17) is 18.9 Å². The van der Waals surface area contributed by atoms with Gasteiger partial charge in [0.05, 0.1) is 25.7 Å². The fraction of sp³-hybridized carbons (Fsp3) is 0.438. The van der Waals surface area contributed by atoms with Crippen molar-refractivity contribution in [2.75, 3.05) is 14.2 Å². The standard InChI is InChI=1S/C32H32O13/c1-12-5-8-16-25(36)20-18(44-31(16,27(12)38)29(40)42-3)9-6-14(23(20)34)15-7-10-19-21(24(15)35)26(37)22-17(33)11-13(2)28(39)32(22,45-19)30(41)43-4/h6-7,9-10,12-13,16,27-28,34-35,37-39H,5,8,11H2,1-4H3/t12-,13-,16+,27+,28+,31+,32+/m0/s1. The highest BCUT2D eigenvalue weighted by atomic mass is 16.6. The number of aliphatic hydroxyl groups is 3. The van der Waals surface area contributed by atoms with Gasteiger partial charge in [-0.3, -0.25) is 9.59 Å². The van der Waals surface area contributed by atoms with E-state index in [1.54, 1.807) is 6.92 Å². The summed E-state index contributed by atoms with van der Waals surface area (Å²) in [5.74, 6) is -8.25. The van der Waals surface area contributed by atoms with Crippen LogP contribution in [0.1, 0.15) is 49.0 Å². The third kappa shape index (κ3) is 3.80. The van der Waals surface area contributed by atoms with Crippen LogP contribution < -0.4 is 9.47 Å². The lowest BCUT2D eigenvalue weighted by atomic mass is 9.65. The molecule has 13 nitrogen and oxygen atoms in total. The molecule has 2 saturated carbocycles. The zero-order valence-electron chi connectivity index (χ0n) is 24.8. The lowest BCUT2D eigenvalue weighted by Gasteiger charge is -2.49.